The highest BCUT2D eigenvalue weighted by atomic mass is 35.5. The van der Waals surface area contributed by atoms with Crippen molar-refractivity contribution in [1.82, 2.24) is 4.31 Å². The fourth-order valence-corrected chi connectivity index (χ4v) is 5.86. The fourth-order valence-electron chi connectivity index (χ4n) is 2.47. The number of rotatable bonds is 5. The first-order chi connectivity index (χ1) is 10.2. The van der Waals surface area contributed by atoms with Gasteiger partial charge in [-0.15, -0.1) is 0 Å². The summed E-state index contributed by atoms with van der Waals surface area (Å²) in [4.78, 5) is 0. The molecule has 0 aliphatic carbocycles. The molecule has 2 rings (SSSR count). The average Bonchev–Trinajstić information content (AvgIpc) is 2.79. The SMILES string of the molecule is CCN([C@@H]1CCS(=O)(=O)C1)S(=O)(=O)/C=C/c1ccc(Cl)cc1. The predicted octanol–water partition coefficient (Wildman–Crippen LogP) is 2.15. The number of sulfonamides is 1. The van der Waals surface area contributed by atoms with Crippen LogP contribution in [0.2, 0.25) is 5.02 Å². The third kappa shape index (κ3) is 4.32. The summed E-state index contributed by atoms with van der Waals surface area (Å²) in [5.74, 6) is -0.0561. The Morgan fingerprint density at radius 1 is 1.32 bits per heavy atom. The van der Waals surface area contributed by atoms with E-state index in [4.69, 9.17) is 11.6 Å². The summed E-state index contributed by atoms with van der Waals surface area (Å²) in [6, 6.07) is 6.30. The summed E-state index contributed by atoms with van der Waals surface area (Å²) in [7, 11) is -6.79. The van der Waals surface area contributed by atoms with Crippen molar-refractivity contribution >= 4 is 37.5 Å². The van der Waals surface area contributed by atoms with Crippen molar-refractivity contribution < 1.29 is 16.8 Å². The molecule has 8 heteroatoms. The molecule has 1 aliphatic heterocycles. The van der Waals surface area contributed by atoms with Gasteiger partial charge in [-0.3, -0.25) is 0 Å². The van der Waals surface area contributed by atoms with Gasteiger partial charge in [-0.2, -0.15) is 4.31 Å². The van der Waals surface area contributed by atoms with Gasteiger partial charge in [0.2, 0.25) is 10.0 Å². The Bertz CT molecular complexity index is 755. The maximum Gasteiger partial charge on any atom is 0.236 e. The van der Waals surface area contributed by atoms with E-state index in [2.05, 4.69) is 0 Å². The van der Waals surface area contributed by atoms with Crippen LogP contribution in [0.15, 0.2) is 29.7 Å². The standard InChI is InChI=1S/C14H18ClNO4S2/c1-2-16(14-8-9-21(17,18)11-14)22(19,20)10-7-12-3-5-13(15)6-4-12/h3-7,10,14H,2,8-9,11H2,1H3/b10-7+/t14-/m1/s1. The normalized spacial score (nSPS) is 21.7. The molecule has 122 valence electrons. The van der Waals surface area contributed by atoms with Crippen LogP contribution in [-0.4, -0.2) is 45.2 Å². The van der Waals surface area contributed by atoms with Crippen molar-refractivity contribution in [3.8, 4) is 0 Å². The summed E-state index contributed by atoms with van der Waals surface area (Å²) in [5, 5.41) is 1.69. The highest BCUT2D eigenvalue weighted by molar-refractivity contribution is 7.93. The van der Waals surface area contributed by atoms with E-state index in [1.54, 1.807) is 31.2 Å². The number of nitrogens with zero attached hydrogens (tertiary/aromatic N) is 1. The van der Waals surface area contributed by atoms with Crippen LogP contribution in [0.3, 0.4) is 0 Å². The molecule has 0 unspecified atom stereocenters. The number of sulfone groups is 1. The summed E-state index contributed by atoms with van der Waals surface area (Å²) < 4.78 is 49.2. The van der Waals surface area contributed by atoms with Crippen LogP contribution in [0.5, 0.6) is 0 Å². The van der Waals surface area contributed by atoms with Gasteiger partial charge in [-0.25, -0.2) is 16.8 Å². The molecule has 0 bridgehead atoms. The van der Waals surface area contributed by atoms with Gasteiger partial charge >= 0.3 is 0 Å². The fraction of sp³-hybridized carbons (Fsp3) is 0.429. The number of benzene rings is 1. The minimum absolute atomic E-state index is 0.0462. The zero-order valence-corrected chi connectivity index (χ0v) is 14.5. The van der Waals surface area contributed by atoms with Gasteiger partial charge in [0.1, 0.15) is 0 Å². The van der Waals surface area contributed by atoms with E-state index in [0.29, 0.717) is 17.0 Å². The maximum atomic E-state index is 12.4. The third-order valence-electron chi connectivity index (χ3n) is 3.56. The van der Waals surface area contributed by atoms with Crippen molar-refractivity contribution in [2.24, 2.45) is 0 Å². The summed E-state index contributed by atoms with van der Waals surface area (Å²) in [5.41, 5.74) is 0.711. The molecule has 1 atom stereocenters. The monoisotopic (exact) mass is 363 g/mol. The van der Waals surface area contributed by atoms with Crippen molar-refractivity contribution in [3.63, 3.8) is 0 Å². The smallest absolute Gasteiger partial charge is 0.229 e. The predicted molar refractivity (Wildman–Crippen MR) is 88.8 cm³/mol. The molecule has 5 nitrogen and oxygen atoms in total. The van der Waals surface area contributed by atoms with Crippen LogP contribution < -0.4 is 0 Å². The molecule has 1 saturated heterocycles. The summed E-state index contributed by atoms with van der Waals surface area (Å²) in [6.07, 6.45) is 1.84. The molecule has 1 heterocycles. The minimum Gasteiger partial charge on any atom is -0.229 e. The molecular formula is C14H18ClNO4S2. The van der Waals surface area contributed by atoms with Crippen molar-refractivity contribution in [2.45, 2.75) is 19.4 Å². The topological polar surface area (TPSA) is 71.5 Å². The molecule has 1 fully saturated rings. The van der Waals surface area contributed by atoms with E-state index in [-0.39, 0.29) is 18.1 Å². The number of hydrogen-bond acceptors (Lipinski definition) is 4. The second-order valence-electron chi connectivity index (χ2n) is 5.16. The van der Waals surface area contributed by atoms with Gasteiger partial charge in [0.05, 0.1) is 11.5 Å². The Balaban J connectivity index is 2.18. The molecular weight excluding hydrogens is 346 g/mol. The average molecular weight is 364 g/mol. The Labute approximate surface area is 136 Å². The minimum atomic E-state index is -3.66. The zero-order valence-electron chi connectivity index (χ0n) is 12.1. The van der Waals surface area contributed by atoms with Gasteiger partial charge < -0.3 is 0 Å². The van der Waals surface area contributed by atoms with Crippen LogP contribution in [0.1, 0.15) is 18.9 Å². The van der Waals surface area contributed by atoms with E-state index in [0.717, 1.165) is 5.41 Å². The van der Waals surface area contributed by atoms with E-state index in [9.17, 15) is 16.8 Å². The Kier molecular flexibility index (Phi) is 5.32. The molecule has 1 aromatic carbocycles. The van der Waals surface area contributed by atoms with E-state index in [1.807, 2.05) is 0 Å². The summed E-state index contributed by atoms with van der Waals surface area (Å²) >= 11 is 5.78. The third-order valence-corrected chi connectivity index (χ3v) is 7.25. The lowest BCUT2D eigenvalue weighted by atomic mass is 10.2. The second-order valence-corrected chi connectivity index (χ2v) is 9.60. The molecule has 0 aromatic heterocycles. The van der Waals surface area contributed by atoms with Crippen molar-refractivity contribution in [3.05, 3.63) is 40.3 Å². The number of hydrogen-bond donors (Lipinski definition) is 0. The lowest BCUT2D eigenvalue weighted by Crippen LogP contribution is -2.39. The van der Waals surface area contributed by atoms with Crippen LogP contribution in [0, 0.1) is 0 Å². The lowest BCUT2D eigenvalue weighted by Gasteiger charge is -2.24. The van der Waals surface area contributed by atoms with Crippen LogP contribution >= 0.6 is 11.6 Å². The van der Waals surface area contributed by atoms with E-state index < -0.39 is 25.9 Å². The Morgan fingerprint density at radius 3 is 2.45 bits per heavy atom. The quantitative estimate of drug-likeness (QED) is 0.803. The summed E-state index contributed by atoms with van der Waals surface area (Å²) in [6.45, 7) is 1.95. The highest BCUT2D eigenvalue weighted by Crippen LogP contribution is 2.21. The van der Waals surface area contributed by atoms with Gasteiger partial charge in [0.25, 0.3) is 0 Å². The molecule has 1 aromatic rings. The van der Waals surface area contributed by atoms with Crippen LogP contribution in [0.4, 0.5) is 0 Å². The van der Waals surface area contributed by atoms with Crippen molar-refractivity contribution in [1.29, 1.82) is 0 Å². The van der Waals surface area contributed by atoms with Gasteiger partial charge in [0.15, 0.2) is 9.84 Å². The first-order valence-corrected chi connectivity index (χ1v) is 10.6. The van der Waals surface area contributed by atoms with Gasteiger partial charge in [-0.05, 0) is 30.2 Å². The first-order valence-electron chi connectivity index (χ1n) is 6.89. The Morgan fingerprint density at radius 2 is 1.95 bits per heavy atom. The molecule has 0 radical (unpaired) electrons. The highest BCUT2D eigenvalue weighted by Gasteiger charge is 2.36. The van der Waals surface area contributed by atoms with Crippen LogP contribution in [-0.2, 0) is 19.9 Å². The van der Waals surface area contributed by atoms with E-state index >= 15 is 0 Å². The zero-order chi connectivity index (χ0) is 16.4. The molecule has 22 heavy (non-hydrogen) atoms. The second kappa shape index (κ2) is 6.70. The van der Waals surface area contributed by atoms with Gasteiger partial charge in [-0.1, -0.05) is 30.7 Å². The Hall–Kier alpha value is -0.890. The van der Waals surface area contributed by atoms with Crippen molar-refractivity contribution in [2.75, 3.05) is 18.1 Å². The van der Waals surface area contributed by atoms with Crippen LogP contribution in [0.25, 0.3) is 6.08 Å². The molecule has 0 saturated carbocycles. The number of halogens is 1. The lowest BCUT2D eigenvalue weighted by molar-refractivity contribution is 0.359. The maximum absolute atomic E-state index is 12.4. The first kappa shape index (κ1) is 17.5. The largest absolute Gasteiger partial charge is 0.236 e. The molecule has 1 aliphatic rings. The molecule has 0 spiro atoms. The van der Waals surface area contributed by atoms with Gasteiger partial charge in [0, 0.05) is 23.0 Å². The van der Waals surface area contributed by atoms with E-state index in [1.165, 1.54) is 10.4 Å². The molecule has 0 N–H and O–H groups in total. The molecule has 0 amide bonds.